The Hall–Kier alpha value is -1.88. The molecule has 20 heavy (non-hydrogen) atoms. The Labute approximate surface area is 119 Å². The summed E-state index contributed by atoms with van der Waals surface area (Å²) in [4.78, 5) is 2.06. The molecule has 0 fully saturated rings. The zero-order chi connectivity index (χ0) is 14.5. The van der Waals surface area contributed by atoms with Gasteiger partial charge in [0.1, 0.15) is 5.69 Å². The van der Waals surface area contributed by atoms with E-state index in [2.05, 4.69) is 34.3 Å². The van der Waals surface area contributed by atoms with Crippen LogP contribution in [0.15, 0.2) is 24.3 Å². The standard InChI is InChI=1S/C15H22N4O/c1-4-5-6-15-14(11-20)16-17-19(15)13-9-7-12(8-10-13)18(2)3/h7-10,20H,4-6,11H2,1-3H3. The fourth-order valence-corrected chi connectivity index (χ4v) is 2.15. The predicted molar refractivity (Wildman–Crippen MR) is 80.2 cm³/mol. The number of hydrogen-bond donors (Lipinski definition) is 1. The van der Waals surface area contributed by atoms with E-state index in [-0.39, 0.29) is 6.61 Å². The third-order valence-corrected chi connectivity index (χ3v) is 3.37. The van der Waals surface area contributed by atoms with Crippen LogP contribution < -0.4 is 4.90 Å². The Bertz CT molecular complexity index is 546. The van der Waals surface area contributed by atoms with Gasteiger partial charge in [0.25, 0.3) is 0 Å². The Kier molecular flexibility index (Phi) is 4.74. The van der Waals surface area contributed by atoms with E-state index in [0.717, 1.165) is 36.3 Å². The topological polar surface area (TPSA) is 54.2 Å². The van der Waals surface area contributed by atoms with Crippen LogP contribution in [0.4, 0.5) is 5.69 Å². The van der Waals surface area contributed by atoms with Crippen LogP contribution >= 0.6 is 0 Å². The van der Waals surface area contributed by atoms with Gasteiger partial charge in [-0.15, -0.1) is 5.10 Å². The first-order valence-corrected chi connectivity index (χ1v) is 6.99. The number of aliphatic hydroxyl groups excluding tert-OH is 1. The van der Waals surface area contributed by atoms with E-state index in [1.54, 1.807) is 0 Å². The van der Waals surface area contributed by atoms with Gasteiger partial charge in [0.15, 0.2) is 0 Å². The van der Waals surface area contributed by atoms with Crippen LogP contribution in [0, 0.1) is 0 Å². The maximum atomic E-state index is 9.37. The van der Waals surface area contributed by atoms with Crippen LogP contribution in [0.5, 0.6) is 0 Å². The van der Waals surface area contributed by atoms with Crippen LogP contribution in [0.2, 0.25) is 0 Å². The quantitative estimate of drug-likeness (QED) is 0.877. The average Bonchev–Trinajstić information content (AvgIpc) is 2.88. The molecule has 0 aliphatic carbocycles. The number of benzene rings is 1. The van der Waals surface area contributed by atoms with Crippen LogP contribution in [0.25, 0.3) is 5.69 Å². The van der Waals surface area contributed by atoms with E-state index in [1.807, 2.05) is 30.9 Å². The van der Waals surface area contributed by atoms with Gasteiger partial charge < -0.3 is 10.0 Å². The first kappa shape index (κ1) is 14.5. The SMILES string of the molecule is CCCCc1c(CO)nnn1-c1ccc(N(C)C)cc1. The summed E-state index contributed by atoms with van der Waals surface area (Å²) in [7, 11) is 4.03. The van der Waals surface area contributed by atoms with Crippen LogP contribution in [0.1, 0.15) is 31.2 Å². The van der Waals surface area contributed by atoms with Crippen molar-refractivity contribution >= 4 is 5.69 Å². The van der Waals surface area contributed by atoms with Crippen molar-refractivity contribution in [3.05, 3.63) is 35.7 Å². The molecule has 0 aliphatic heterocycles. The molecular formula is C15H22N4O. The summed E-state index contributed by atoms with van der Waals surface area (Å²) in [5.41, 5.74) is 3.81. The van der Waals surface area contributed by atoms with Gasteiger partial charge >= 0.3 is 0 Å². The summed E-state index contributed by atoms with van der Waals surface area (Å²) in [6, 6.07) is 8.17. The second-order valence-electron chi connectivity index (χ2n) is 5.07. The van der Waals surface area contributed by atoms with Crippen LogP contribution in [-0.2, 0) is 13.0 Å². The Morgan fingerprint density at radius 1 is 1.20 bits per heavy atom. The van der Waals surface area contributed by atoms with Crippen LogP contribution in [-0.4, -0.2) is 34.2 Å². The molecule has 0 saturated heterocycles. The zero-order valence-electron chi connectivity index (χ0n) is 12.4. The third kappa shape index (κ3) is 2.99. The van der Waals surface area contributed by atoms with Gasteiger partial charge in [-0.05, 0) is 37.1 Å². The van der Waals surface area contributed by atoms with Gasteiger partial charge in [-0.3, -0.25) is 0 Å². The number of nitrogens with zero attached hydrogens (tertiary/aromatic N) is 4. The van der Waals surface area contributed by atoms with Gasteiger partial charge in [0, 0.05) is 19.8 Å². The molecule has 0 bridgehead atoms. The summed E-state index contributed by atoms with van der Waals surface area (Å²) in [5, 5.41) is 17.6. The van der Waals surface area contributed by atoms with Crippen molar-refractivity contribution in [1.29, 1.82) is 0 Å². The molecule has 0 spiro atoms. The molecule has 1 aromatic carbocycles. The molecule has 5 heteroatoms. The molecule has 5 nitrogen and oxygen atoms in total. The smallest absolute Gasteiger partial charge is 0.112 e. The minimum Gasteiger partial charge on any atom is -0.390 e. The first-order chi connectivity index (χ1) is 9.67. The summed E-state index contributed by atoms with van der Waals surface area (Å²) in [6.07, 6.45) is 3.06. The molecule has 0 saturated carbocycles. The molecule has 2 rings (SSSR count). The van der Waals surface area contributed by atoms with E-state index < -0.39 is 0 Å². The zero-order valence-corrected chi connectivity index (χ0v) is 12.4. The third-order valence-electron chi connectivity index (χ3n) is 3.37. The van der Waals surface area contributed by atoms with E-state index in [4.69, 9.17) is 0 Å². The lowest BCUT2D eigenvalue weighted by Gasteiger charge is -2.13. The number of aliphatic hydroxyl groups is 1. The monoisotopic (exact) mass is 274 g/mol. The number of unbranched alkanes of at least 4 members (excludes halogenated alkanes) is 1. The molecule has 0 unspecified atom stereocenters. The molecule has 1 N–H and O–H groups in total. The second-order valence-corrected chi connectivity index (χ2v) is 5.07. The van der Waals surface area contributed by atoms with Gasteiger partial charge in [-0.1, -0.05) is 18.6 Å². The van der Waals surface area contributed by atoms with Crippen molar-refractivity contribution in [1.82, 2.24) is 15.0 Å². The van der Waals surface area contributed by atoms with Gasteiger partial charge in [0.2, 0.25) is 0 Å². The number of rotatable bonds is 6. The fourth-order valence-electron chi connectivity index (χ4n) is 2.15. The Balaban J connectivity index is 2.33. The highest BCUT2D eigenvalue weighted by Gasteiger charge is 2.13. The molecular weight excluding hydrogens is 252 g/mol. The predicted octanol–water partition coefficient (Wildman–Crippen LogP) is 2.17. The summed E-state index contributed by atoms with van der Waals surface area (Å²) >= 11 is 0. The molecule has 1 heterocycles. The van der Waals surface area contributed by atoms with Gasteiger partial charge in [-0.25, -0.2) is 4.68 Å². The minimum atomic E-state index is -0.0607. The number of hydrogen-bond acceptors (Lipinski definition) is 4. The highest BCUT2D eigenvalue weighted by Crippen LogP contribution is 2.19. The van der Waals surface area contributed by atoms with Crippen molar-refractivity contribution in [3.63, 3.8) is 0 Å². The lowest BCUT2D eigenvalue weighted by atomic mass is 10.1. The van der Waals surface area contributed by atoms with E-state index in [9.17, 15) is 5.11 Å². The van der Waals surface area contributed by atoms with Crippen molar-refractivity contribution in [2.45, 2.75) is 32.8 Å². The molecule has 0 radical (unpaired) electrons. The average molecular weight is 274 g/mol. The Morgan fingerprint density at radius 3 is 2.45 bits per heavy atom. The largest absolute Gasteiger partial charge is 0.390 e. The first-order valence-electron chi connectivity index (χ1n) is 6.99. The minimum absolute atomic E-state index is 0.0607. The van der Waals surface area contributed by atoms with Crippen molar-refractivity contribution < 1.29 is 5.11 Å². The molecule has 1 aromatic heterocycles. The van der Waals surface area contributed by atoms with Crippen LogP contribution in [0.3, 0.4) is 0 Å². The lowest BCUT2D eigenvalue weighted by Crippen LogP contribution is -2.09. The highest BCUT2D eigenvalue weighted by atomic mass is 16.3. The lowest BCUT2D eigenvalue weighted by molar-refractivity contribution is 0.275. The molecule has 0 atom stereocenters. The molecule has 2 aromatic rings. The summed E-state index contributed by atoms with van der Waals surface area (Å²) < 4.78 is 1.83. The van der Waals surface area contributed by atoms with Crippen molar-refractivity contribution in [2.75, 3.05) is 19.0 Å². The fraction of sp³-hybridized carbons (Fsp3) is 0.467. The van der Waals surface area contributed by atoms with Crippen molar-refractivity contribution in [2.24, 2.45) is 0 Å². The Morgan fingerprint density at radius 2 is 1.90 bits per heavy atom. The summed E-state index contributed by atoms with van der Waals surface area (Å²) in [6.45, 7) is 2.09. The van der Waals surface area contributed by atoms with Crippen molar-refractivity contribution in [3.8, 4) is 5.69 Å². The number of anilines is 1. The van der Waals surface area contributed by atoms with Gasteiger partial charge in [-0.2, -0.15) is 0 Å². The number of aromatic nitrogens is 3. The van der Waals surface area contributed by atoms with E-state index in [1.165, 1.54) is 0 Å². The molecule has 0 amide bonds. The maximum absolute atomic E-state index is 9.37. The maximum Gasteiger partial charge on any atom is 0.112 e. The van der Waals surface area contributed by atoms with E-state index >= 15 is 0 Å². The second kappa shape index (κ2) is 6.52. The van der Waals surface area contributed by atoms with E-state index in [0.29, 0.717) is 5.69 Å². The molecule has 0 aliphatic rings. The van der Waals surface area contributed by atoms with Gasteiger partial charge in [0.05, 0.1) is 18.0 Å². The molecule has 108 valence electrons. The normalized spacial score (nSPS) is 10.8. The highest BCUT2D eigenvalue weighted by molar-refractivity contribution is 5.50. The summed E-state index contributed by atoms with van der Waals surface area (Å²) in [5.74, 6) is 0.